The number of amides is 1. The molecule has 1 fully saturated rings. The highest BCUT2D eigenvalue weighted by Gasteiger charge is 2.35. The predicted molar refractivity (Wildman–Crippen MR) is 200 cm³/mol. The van der Waals surface area contributed by atoms with E-state index < -0.39 is 34.1 Å². The van der Waals surface area contributed by atoms with Crippen molar-refractivity contribution in [1.29, 1.82) is 0 Å². The number of ether oxygens (including phenoxy) is 3. The van der Waals surface area contributed by atoms with Gasteiger partial charge in [-0.1, -0.05) is 45.8 Å². The van der Waals surface area contributed by atoms with Crippen molar-refractivity contribution in [1.82, 2.24) is 23.7 Å². The van der Waals surface area contributed by atoms with Gasteiger partial charge < -0.3 is 29.4 Å². The van der Waals surface area contributed by atoms with Gasteiger partial charge in [0.1, 0.15) is 23.5 Å². The second-order valence-corrected chi connectivity index (χ2v) is 16.3. The van der Waals surface area contributed by atoms with Gasteiger partial charge in [-0.15, -0.1) is 0 Å². The number of nitrogen functional groups attached to an aromatic ring is 1. The summed E-state index contributed by atoms with van der Waals surface area (Å²) in [4.78, 5) is 24.9. The number of hydrogen-bond donors (Lipinski definition) is 2. The van der Waals surface area contributed by atoms with Crippen LogP contribution >= 0.6 is 0 Å². The van der Waals surface area contributed by atoms with Gasteiger partial charge in [0.25, 0.3) is 0 Å². The molecule has 2 aromatic heterocycles. The van der Waals surface area contributed by atoms with E-state index in [0.29, 0.717) is 17.9 Å². The number of carbonyl (C=O) groups excluding carboxylic acids is 1. The maximum absolute atomic E-state index is 12.8. The van der Waals surface area contributed by atoms with Gasteiger partial charge in [-0.25, -0.2) is 20.0 Å². The quantitative estimate of drug-likeness (QED) is 0.100. The van der Waals surface area contributed by atoms with Gasteiger partial charge in [0, 0.05) is 18.5 Å². The van der Waals surface area contributed by atoms with Crippen molar-refractivity contribution in [3.05, 3.63) is 65.0 Å². The molecule has 3 N–H and O–H groups in total. The summed E-state index contributed by atoms with van der Waals surface area (Å²) in [5.74, 6) is 0.895. The normalized spacial score (nSPS) is 14.4. The Balaban J connectivity index is 1.37. The average molecular weight is 757 g/mol. The van der Waals surface area contributed by atoms with E-state index in [-0.39, 0.29) is 29.9 Å². The van der Waals surface area contributed by atoms with Crippen LogP contribution in [0.3, 0.4) is 0 Å². The van der Waals surface area contributed by atoms with E-state index in [1.807, 2.05) is 31.4 Å². The number of carbonyl (C=O) groups is 1. The minimum Gasteiger partial charge on any atom is -0.443 e. The summed E-state index contributed by atoms with van der Waals surface area (Å²) >= 11 is 0. The number of nitrogens with zero attached hydrogens (tertiary/aromatic N) is 5. The van der Waals surface area contributed by atoms with Crippen molar-refractivity contribution >= 4 is 44.2 Å². The fraction of sp³-hybridized carbons (Fsp3) is 0.541. The molecule has 16 heteroatoms. The van der Waals surface area contributed by atoms with E-state index in [9.17, 15) is 13.2 Å². The number of rotatable bonds is 17. The van der Waals surface area contributed by atoms with Crippen molar-refractivity contribution in [3.8, 4) is 0 Å². The van der Waals surface area contributed by atoms with Crippen molar-refractivity contribution in [2.75, 3.05) is 45.1 Å². The van der Waals surface area contributed by atoms with Gasteiger partial charge in [0.2, 0.25) is 0 Å². The summed E-state index contributed by atoms with van der Waals surface area (Å²) in [5.41, 5.74) is 10.3. The Hall–Kier alpha value is -3.90. The molecule has 1 amide bonds. The number of imidazole rings is 1. The largest absolute Gasteiger partial charge is 0.443 e. The number of benzene rings is 2. The summed E-state index contributed by atoms with van der Waals surface area (Å²) < 4.78 is 48.5. The van der Waals surface area contributed by atoms with Crippen LogP contribution < -0.4 is 5.73 Å². The van der Waals surface area contributed by atoms with Gasteiger partial charge in [-0.2, -0.15) is 12.7 Å². The van der Waals surface area contributed by atoms with Crippen LogP contribution in [-0.2, 0) is 59.9 Å². The first-order valence-corrected chi connectivity index (χ1v) is 19.3. The highest BCUT2D eigenvalue weighted by atomic mass is 32.2. The number of fused-ring (bicyclic) bond motifs is 3. The van der Waals surface area contributed by atoms with E-state index in [1.54, 1.807) is 20.8 Å². The van der Waals surface area contributed by atoms with E-state index in [2.05, 4.69) is 50.7 Å². The van der Waals surface area contributed by atoms with Crippen molar-refractivity contribution < 1.29 is 42.1 Å². The molecule has 0 aliphatic carbocycles. The fourth-order valence-electron chi connectivity index (χ4n) is 6.45. The molecule has 290 valence electrons. The Labute approximate surface area is 311 Å². The third-order valence-corrected chi connectivity index (χ3v) is 10.0. The Morgan fingerprint density at radius 3 is 2.34 bits per heavy atom. The molecule has 5 rings (SSSR count). The minimum atomic E-state index is -4.87. The Bertz CT molecular complexity index is 1970. The lowest BCUT2D eigenvalue weighted by Crippen LogP contribution is -2.44. The van der Waals surface area contributed by atoms with E-state index in [0.717, 1.165) is 41.4 Å². The number of likely N-dealkylation sites (tertiary alicyclic amines) is 1. The molecule has 1 saturated heterocycles. The van der Waals surface area contributed by atoms with E-state index in [4.69, 9.17) is 35.2 Å². The number of aromatic nitrogens is 3. The number of nitrogens with two attached hydrogens (primary N) is 1. The molecule has 1 aliphatic heterocycles. The van der Waals surface area contributed by atoms with Crippen LogP contribution in [0, 0.1) is 0 Å². The third-order valence-electron chi connectivity index (χ3n) is 8.94. The molecule has 3 heterocycles. The van der Waals surface area contributed by atoms with Crippen molar-refractivity contribution in [3.63, 3.8) is 0 Å². The van der Waals surface area contributed by atoms with Gasteiger partial charge >= 0.3 is 16.4 Å². The number of hydrogen-bond acceptors (Lipinski definition) is 13. The average Bonchev–Trinajstić information content (AvgIpc) is 3.73. The number of anilines is 1. The van der Waals surface area contributed by atoms with Gasteiger partial charge in [-0.05, 0) is 103 Å². The van der Waals surface area contributed by atoms with Gasteiger partial charge in [0.15, 0.2) is 5.82 Å². The molecule has 0 atom stereocenters. The second kappa shape index (κ2) is 17.1. The first kappa shape index (κ1) is 40.3. The molecule has 2 aromatic carbocycles. The molecule has 4 aromatic rings. The van der Waals surface area contributed by atoms with E-state index >= 15 is 0 Å². The smallest absolute Gasteiger partial charge is 0.426 e. The Morgan fingerprint density at radius 2 is 1.68 bits per heavy atom. The van der Waals surface area contributed by atoms with Crippen LogP contribution in [0.25, 0.3) is 21.9 Å². The predicted octanol–water partition coefficient (Wildman–Crippen LogP) is 5.63. The molecule has 1 aliphatic rings. The molecule has 0 bridgehead atoms. The second-order valence-electron chi connectivity index (χ2n) is 14.9. The lowest BCUT2D eigenvalue weighted by atomic mass is 10.0. The van der Waals surface area contributed by atoms with Crippen LogP contribution in [0.2, 0.25) is 0 Å². The lowest BCUT2D eigenvalue weighted by molar-refractivity contribution is -0.438. The standard InChI is InChI=1S/C37H52N6O9S/c1-7-48-24-31-40-32-33(42(31)25-37(5,6)49-21-20-43(53(46,47)52-51-45)35(44)50-36(2,3)4)29-15-14-28(23-30(29)39-34(32)38)22-27-12-10-26(11-13-27)16-19-41-17-8-9-18-41/h10-15,23,45H,7-9,16-22,24-25H2,1-6H3,(H2,38,39). The van der Waals surface area contributed by atoms with Crippen LogP contribution in [0.15, 0.2) is 42.5 Å². The maximum atomic E-state index is 12.8. The molecular weight excluding hydrogens is 705 g/mol. The van der Waals surface area contributed by atoms with Crippen LogP contribution in [-0.4, -0.2) is 94.1 Å². The fourth-order valence-corrected chi connectivity index (χ4v) is 7.12. The van der Waals surface area contributed by atoms with Crippen molar-refractivity contribution in [2.24, 2.45) is 0 Å². The van der Waals surface area contributed by atoms with Crippen molar-refractivity contribution in [2.45, 2.75) is 91.6 Å². The summed E-state index contributed by atoms with van der Waals surface area (Å²) in [6, 6.07) is 15.0. The Morgan fingerprint density at radius 1 is 1.00 bits per heavy atom. The zero-order chi connectivity index (χ0) is 38.4. The number of pyridine rings is 1. The molecule has 0 spiro atoms. The molecule has 15 nitrogen and oxygen atoms in total. The molecule has 0 unspecified atom stereocenters. The van der Waals surface area contributed by atoms with Crippen LogP contribution in [0.4, 0.5) is 10.6 Å². The zero-order valence-corrected chi connectivity index (χ0v) is 32.3. The van der Waals surface area contributed by atoms with Crippen LogP contribution in [0.1, 0.15) is 76.9 Å². The highest BCUT2D eigenvalue weighted by molar-refractivity contribution is 7.84. The maximum Gasteiger partial charge on any atom is 0.426 e. The topological polar surface area (TPSA) is 181 Å². The lowest BCUT2D eigenvalue weighted by Gasteiger charge is -2.29. The monoisotopic (exact) mass is 756 g/mol. The first-order valence-electron chi connectivity index (χ1n) is 17.9. The van der Waals surface area contributed by atoms with Gasteiger partial charge in [-0.3, -0.25) is 0 Å². The minimum absolute atomic E-state index is 0.206. The van der Waals surface area contributed by atoms with Gasteiger partial charge in [0.05, 0.1) is 36.3 Å². The Kier molecular flexibility index (Phi) is 13.0. The summed E-state index contributed by atoms with van der Waals surface area (Å²) in [6.45, 7) is 14.0. The van der Waals surface area contributed by atoms with E-state index in [1.165, 1.54) is 37.1 Å². The summed E-state index contributed by atoms with van der Waals surface area (Å²) in [6.07, 6.45) is 3.16. The summed E-state index contributed by atoms with van der Waals surface area (Å²) in [5, 5.41) is 12.8. The summed E-state index contributed by atoms with van der Waals surface area (Å²) in [7, 11) is -4.87. The molecule has 0 saturated carbocycles. The van der Waals surface area contributed by atoms with Crippen LogP contribution in [0.5, 0.6) is 0 Å². The SMILES string of the molecule is CCOCc1nc2c(N)nc3cc(Cc4ccc(CCN5CCCC5)cc4)ccc3c2n1CC(C)(C)OCCN(C(=O)OC(C)(C)C)S(=O)(=O)OOO. The molecular formula is C37H52N6O9S. The highest BCUT2D eigenvalue weighted by Crippen LogP contribution is 2.32. The zero-order valence-electron chi connectivity index (χ0n) is 31.5. The molecule has 0 radical (unpaired) electrons. The third kappa shape index (κ3) is 10.6. The first-order chi connectivity index (χ1) is 25.1. The molecule has 53 heavy (non-hydrogen) atoms.